The minimum Gasteiger partial charge on any atom is -0.497 e. The minimum absolute atomic E-state index is 0.0785. The van der Waals surface area contributed by atoms with E-state index in [1.54, 1.807) is 14.0 Å². The number of benzene rings is 1. The van der Waals surface area contributed by atoms with Gasteiger partial charge in [-0.05, 0) is 37.0 Å². The van der Waals surface area contributed by atoms with E-state index >= 15 is 0 Å². The van der Waals surface area contributed by atoms with Crippen LogP contribution < -0.4 is 10.1 Å². The average molecular weight is 303 g/mol. The first-order chi connectivity index (χ1) is 10.7. The molecule has 0 radical (unpaired) electrons. The van der Waals surface area contributed by atoms with Crippen molar-refractivity contribution < 1.29 is 14.1 Å². The number of unbranched alkanes of at least 4 members (excludes halogenated alkanes) is 1. The van der Waals surface area contributed by atoms with Crippen LogP contribution in [0.25, 0.3) is 0 Å². The Hall–Kier alpha value is -2.37. The lowest BCUT2D eigenvalue weighted by Crippen LogP contribution is -2.26. The third kappa shape index (κ3) is 5.20. The summed E-state index contributed by atoms with van der Waals surface area (Å²) in [4.78, 5) is 15.7. The summed E-state index contributed by atoms with van der Waals surface area (Å²) >= 11 is 0. The molecule has 1 N–H and O–H groups in total. The molecule has 0 saturated carbocycles. The van der Waals surface area contributed by atoms with Crippen LogP contribution >= 0.6 is 0 Å². The fourth-order valence-corrected chi connectivity index (χ4v) is 2.09. The average Bonchev–Trinajstić information content (AvgIpc) is 2.92. The molecule has 0 fully saturated rings. The van der Waals surface area contributed by atoms with Gasteiger partial charge in [0.25, 0.3) is 0 Å². The molecule has 1 aromatic heterocycles. The molecule has 6 heteroatoms. The van der Waals surface area contributed by atoms with Crippen LogP contribution in [0.1, 0.15) is 30.1 Å². The summed E-state index contributed by atoms with van der Waals surface area (Å²) < 4.78 is 9.95. The van der Waals surface area contributed by atoms with Crippen molar-refractivity contribution in [2.45, 2.75) is 32.6 Å². The fraction of sp³-hybridized carbons (Fsp3) is 0.438. The van der Waals surface area contributed by atoms with Crippen molar-refractivity contribution >= 4 is 5.91 Å². The Labute approximate surface area is 129 Å². The number of nitrogens with zero attached hydrogens (tertiary/aromatic N) is 2. The standard InChI is InChI=1S/C16H21N3O3/c1-12-18-15(19-22-12)11-16(20)17-10-4-3-5-13-6-8-14(21-2)9-7-13/h6-9H,3-5,10-11H2,1-2H3,(H,17,20). The molecule has 0 atom stereocenters. The maximum Gasteiger partial charge on any atom is 0.227 e. The molecule has 1 aromatic carbocycles. The van der Waals surface area contributed by atoms with Gasteiger partial charge in [-0.25, -0.2) is 0 Å². The fourth-order valence-electron chi connectivity index (χ4n) is 2.09. The number of hydrogen-bond acceptors (Lipinski definition) is 5. The molecule has 0 bridgehead atoms. The molecule has 0 aliphatic heterocycles. The van der Waals surface area contributed by atoms with Crippen molar-refractivity contribution in [1.82, 2.24) is 15.5 Å². The zero-order valence-corrected chi connectivity index (χ0v) is 13.0. The molecule has 118 valence electrons. The molecule has 0 spiro atoms. The molecule has 2 rings (SSSR count). The van der Waals surface area contributed by atoms with E-state index in [4.69, 9.17) is 9.26 Å². The van der Waals surface area contributed by atoms with E-state index in [-0.39, 0.29) is 12.3 Å². The first kappa shape index (κ1) is 16.0. The largest absolute Gasteiger partial charge is 0.497 e. The van der Waals surface area contributed by atoms with Crippen molar-refractivity contribution in [3.8, 4) is 5.75 Å². The maximum atomic E-state index is 11.7. The predicted octanol–water partition coefficient (Wildman–Crippen LogP) is 2.07. The Balaban J connectivity index is 1.59. The highest BCUT2D eigenvalue weighted by Gasteiger charge is 2.08. The van der Waals surface area contributed by atoms with Gasteiger partial charge in [0.2, 0.25) is 11.8 Å². The number of amides is 1. The molecule has 2 aromatic rings. The molecule has 0 aliphatic carbocycles. The number of aryl methyl sites for hydroxylation is 2. The van der Waals surface area contributed by atoms with E-state index in [1.165, 1.54) is 5.56 Å². The van der Waals surface area contributed by atoms with E-state index in [9.17, 15) is 4.79 Å². The highest BCUT2D eigenvalue weighted by Crippen LogP contribution is 2.12. The van der Waals surface area contributed by atoms with Crippen LogP contribution in [0.3, 0.4) is 0 Å². The lowest BCUT2D eigenvalue weighted by molar-refractivity contribution is -0.120. The molecule has 6 nitrogen and oxygen atoms in total. The Kier molecular flexibility index (Phi) is 5.94. The van der Waals surface area contributed by atoms with Gasteiger partial charge in [0, 0.05) is 13.5 Å². The molecule has 0 unspecified atom stereocenters. The topological polar surface area (TPSA) is 77.2 Å². The third-order valence-corrected chi connectivity index (χ3v) is 3.26. The van der Waals surface area contributed by atoms with Gasteiger partial charge >= 0.3 is 0 Å². The zero-order chi connectivity index (χ0) is 15.8. The van der Waals surface area contributed by atoms with Crippen LogP contribution in [-0.2, 0) is 17.6 Å². The van der Waals surface area contributed by atoms with Crippen molar-refractivity contribution in [3.63, 3.8) is 0 Å². The number of aromatic nitrogens is 2. The highest BCUT2D eigenvalue weighted by atomic mass is 16.5. The maximum absolute atomic E-state index is 11.7. The molecule has 1 heterocycles. The lowest BCUT2D eigenvalue weighted by Gasteiger charge is -2.05. The van der Waals surface area contributed by atoms with Gasteiger partial charge in [0.05, 0.1) is 13.5 Å². The summed E-state index contributed by atoms with van der Waals surface area (Å²) in [7, 11) is 1.66. The molecular formula is C16H21N3O3. The first-order valence-electron chi connectivity index (χ1n) is 7.36. The number of hydrogen-bond donors (Lipinski definition) is 1. The van der Waals surface area contributed by atoms with Gasteiger partial charge in [0.15, 0.2) is 5.82 Å². The third-order valence-electron chi connectivity index (χ3n) is 3.26. The zero-order valence-electron chi connectivity index (χ0n) is 13.0. The van der Waals surface area contributed by atoms with Gasteiger partial charge < -0.3 is 14.6 Å². The van der Waals surface area contributed by atoms with Crippen LogP contribution in [0.5, 0.6) is 5.75 Å². The van der Waals surface area contributed by atoms with Gasteiger partial charge in [-0.15, -0.1) is 0 Å². The van der Waals surface area contributed by atoms with Crippen LogP contribution in [0.2, 0.25) is 0 Å². The molecule has 0 saturated heterocycles. The van der Waals surface area contributed by atoms with Crippen molar-refractivity contribution in [2.75, 3.05) is 13.7 Å². The number of nitrogens with one attached hydrogen (secondary N) is 1. The van der Waals surface area contributed by atoms with Crippen LogP contribution in [0.15, 0.2) is 28.8 Å². The second kappa shape index (κ2) is 8.17. The number of carbonyl (C=O) groups excluding carboxylic acids is 1. The summed E-state index contributed by atoms with van der Waals surface area (Å²) in [5.41, 5.74) is 1.27. The van der Waals surface area contributed by atoms with Crippen LogP contribution in [0, 0.1) is 6.92 Å². The van der Waals surface area contributed by atoms with Crippen molar-refractivity contribution in [3.05, 3.63) is 41.5 Å². The van der Waals surface area contributed by atoms with Crippen LogP contribution in [-0.4, -0.2) is 29.7 Å². The SMILES string of the molecule is COc1ccc(CCCCNC(=O)Cc2noc(C)n2)cc1. The molecule has 1 amide bonds. The van der Waals surface area contributed by atoms with Gasteiger partial charge in [0.1, 0.15) is 5.75 Å². The monoisotopic (exact) mass is 303 g/mol. The second-order valence-corrected chi connectivity index (χ2v) is 5.06. The molecule has 22 heavy (non-hydrogen) atoms. The molecular weight excluding hydrogens is 282 g/mol. The minimum atomic E-state index is -0.0785. The quantitative estimate of drug-likeness (QED) is 0.755. The number of carbonyl (C=O) groups is 1. The number of methoxy groups -OCH3 is 1. The number of ether oxygens (including phenoxy) is 1. The first-order valence-corrected chi connectivity index (χ1v) is 7.36. The summed E-state index contributed by atoms with van der Waals surface area (Å²) in [5, 5.41) is 6.56. The summed E-state index contributed by atoms with van der Waals surface area (Å²) in [6.07, 6.45) is 3.11. The normalized spacial score (nSPS) is 10.5. The Bertz CT molecular complexity index is 593. The number of rotatable bonds is 8. The second-order valence-electron chi connectivity index (χ2n) is 5.06. The predicted molar refractivity (Wildman–Crippen MR) is 81.7 cm³/mol. The molecule has 0 aliphatic rings. The summed E-state index contributed by atoms with van der Waals surface area (Å²) in [6, 6.07) is 8.06. The van der Waals surface area contributed by atoms with E-state index in [0.29, 0.717) is 18.3 Å². The Morgan fingerprint density at radius 3 is 2.68 bits per heavy atom. The summed E-state index contributed by atoms with van der Waals surface area (Å²) in [6.45, 7) is 2.36. The van der Waals surface area contributed by atoms with Crippen molar-refractivity contribution in [2.24, 2.45) is 0 Å². The van der Waals surface area contributed by atoms with E-state index in [2.05, 4.69) is 27.6 Å². The highest BCUT2D eigenvalue weighted by molar-refractivity contribution is 5.77. The van der Waals surface area contributed by atoms with E-state index in [0.717, 1.165) is 25.0 Å². The van der Waals surface area contributed by atoms with Crippen LogP contribution in [0.4, 0.5) is 0 Å². The van der Waals surface area contributed by atoms with Gasteiger partial charge in [-0.3, -0.25) is 4.79 Å². The van der Waals surface area contributed by atoms with Crippen molar-refractivity contribution in [1.29, 1.82) is 0 Å². The van der Waals surface area contributed by atoms with Gasteiger partial charge in [-0.1, -0.05) is 17.3 Å². The smallest absolute Gasteiger partial charge is 0.227 e. The lowest BCUT2D eigenvalue weighted by atomic mass is 10.1. The van der Waals surface area contributed by atoms with E-state index in [1.807, 2.05) is 12.1 Å². The van der Waals surface area contributed by atoms with Gasteiger partial charge in [-0.2, -0.15) is 4.98 Å². The summed E-state index contributed by atoms with van der Waals surface area (Å²) in [5.74, 6) is 1.69. The Morgan fingerprint density at radius 1 is 1.27 bits per heavy atom. The van der Waals surface area contributed by atoms with E-state index < -0.39 is 0 Å². The Morgan fingerprint density at radius 2 is 2.05 bits per heavy atom.